The minimum atomic E-state index is -0.482. The Kier molecular flexibility index (Phi) is 12.1. The van der Waals surface area contributed by atoms with Crippen molar-refractivity contribution in [2.75, 3.05) is 9.80 Å². The van der Waals surface area contributed by atoms with E-state index in [-0.39, 0.29) is 0 Å². The molecule has 0 amide bonds. The highest BCUT2D eigenvalue weighted by atomic mass is 15.1. The van der Waals surface area contributed by atoms with Crippen molar-refractivity contribution >= 4 is 66.4 Å². The molecule has 0 aromatic heterocycles. The van der Waals surface area contributed by atoms with Crippen LogP contribution in [0.2, 0.25) is 0 Å². The number of benzene rings is 14. The number of allylic oxidation sites excluding steroid dienone is 1. The van der Waals surface area contributed by atoms with Gasteiger partial charge >= 0.3 is 0 Å². The van der Waals surface area contributed by atoms with Crippen LogP contribution in [-0.4, -0.2) is 0 Å². The zero-order valence-electron chi connectivity index (χ0n) is 46.2. The fourth-order valence-electron chi connectivity index (χ4n) is 14.3. The maximum absolute atomic E-state index is 3.36. The molecule has 0 fully saturated rings. The van der Waals surface area contributed by atoms with Gasteiger partial charge in [0.05, 0.1) is 22.2 Å². The molecule has 392 valence electrons. The van der Waals surface area contributed by atoms with Crippen LogP contribution in [0.4, 0.5) is 34.1 Å². The first-order chi connectivity index (χ1) is 41.1. The van der Waals surface area contributed by atoms with Gasteiger partial charge < -0.3 is 9.80 Å². The fourth-order valence-corrected chi connectivity index (χ4v) is 14.3. The first-order valence-electron chi connectivity index (χ1n) is 28.8. The Morgan fingerprint density at radius 1 is 0.265 bits per heavy atom. The van der Waals surface area contributed by atoms with Crippen molar-refractivity contribution in [3.8, 4) is 22.3 Å². The molecule has 0 unspecified atom stereocenters. The highest BCUT2D eigenvalue weighted by Gasteiger charge is 2.47. The van der Waals surface area contributed by atoms with E-state index >= 15 is 0 Å². The van der Waals surface area contributed by atoms with Gasteiger partial charge in [-0.2, -0.15) is 0 Å². The van der Waals surface area contributed by atoms with E-state index in [9.17, 15) is 0 Å². The number of para-hydroxylation sites is 2. The van der Waals surface area contributed by atoms with Gasteiger partial charge in [0, 0.05) is 33.5 Å². The van der Waals surface area contributed by atoms with Crippen molar-refractivity contribution in [2.24, 2.45) is 0 Å². The molecule has 0 saturated carbocycles. The molecule has 0 aliphatic heterocycles. The smallest absolute Gasteiger partial charge is 0.0713 e. The van der Waals surface area contributed by atoms with Crippen LogP contribution in [0.5, 0.6) is 0 Å². The molecule has 0 bridgehead atoms. The van der Waals surface area contributed by atoms with E-state index < -0.39 is 10.8 Å². The van der Waals surface area contributed by atoms with E-state index in [1.165, 1.54) is 99.1 Å². The van der Waals surface area contributed by atoms with E-state index in [1.54, 1.807) is 6.08 Å². The van der Waals surface area contributed by atoms with Crippen LogP contribution in [0.25, 0.3) is 54.6 Å². The van der Waals surface area contributed by atoms with Crippen LogP contribution in [0.3, 0.4) is 0 Å². The number of anilines is 6. The summed E-state index contributed by atoms with van der Waals surface area (Å²) in [6, 6.07) is 117. The summed E-state index contributed by atoms with van der Waals surface area (Å²) < 4.78 is 0. The summed E-state index contributed by atoms with van der Waals surface area (Å²) in [5.74, 6) is 0. The number of hydrogen-bond acceptors (Lipinski definition) is 2. The molecule has 0 N–H and O–H groups in total. The fraction of sp³-hybridized carbons (Fsp3) is 0.0370. The summed E-state index contributed by atoms with van der Waals surface area (Å²) in [6.45, 7) is 5.25. The molecular formula is C81H58N2. The molecule has 0 radical (unpaired) electrons. The Bertz CT molecular complexity index is 4290. The van der Waals surface area contributed by atoms with Crippen LogP contribution in [0.1, 0.15) is 51.4 Å². The average molecular weight is 1060 g/mol. The van der Waals surface area contributed by atoms with Crippen molar-refractivity contribution in [3.63, 3.8) is 0 Å². The predicted molar refractivity (Wildman–Crippen MR) is 350 cm³/mol. The second kappa shape index (κ2) is 20.2. The Morgan fingerprint density at radius 2 is 0.518 bits per heavy atom. The predicted octanol–water partition coefficient (Wildman–Crippen LogP) is 21.4. The number of rotatable bonds is 10. The maximum Gasteiger partial charge on any atom is 0.0713 e. The van der Waals surface area contributed by atoms with Gasteiger partial charge in [-0.05, 0) is 156 Å². The van der Waals surface area contributed by atoms with Crippen molar-refractivity contribution in [1.82, 2.24) is 0 Å². The van der Waals surface area contributed by atoms with Gasteiger partial charge in [-0.25, -0.2) is 0 Å². The lowest BCUT2D eigenvalue weighted by Gasteiger charge is -2.34. The molecule has 0 atom stereocenters. The summed E-state index contributed by atoms with van der Waals surface area (Å²) in [4.78, 5) is 4.90. The SMILES string of the molecule is C=CC.c1ccc(N(c2ccc(C3(c4ccccc4)c4ccccc4-c4ccccc43)cc2)c2ccc3ccc4c(N(c5ccccc5)c5ccc(C6(c7ccccc7)c7ccccc7-c7ccccc76)cc5)ccc5ccc2c3c54)cc1. The lowest BCUT2D eigenvalue weighted by atomic mass is 9.68. The second-order valence-electron chi connectivity index (χ2n) is 21.9. The van der Waals surface area contributed by atoms with E-state index in [0.29, 0.717) is 0 Å². The molecule has 0 spiro atoms. The zero-order valence-corrected chi connectivity index (χ0v) is 46.2. The first-order valence-corrected chi connectivity index (χ1v) is 28.8. The molecule has 83 heavy (non-hydrogen) atoms. The molecule has 2 heteroatoms. The largest absolute Gasteiger partial charge is 0.310 e. The van der Waals surface area contributed by atoms with E-state index in [2.05, 4.69) is 332 Å². The van der Waals surface area contributed by atoms with Gasteiger partial charge in [-0.15, -0.1) is 6.58 Å². The quantitative estimate of drug-likeness (QED) is 0.0995. The molecule has 16 rings (SSSR count). The topological polar surface area (TPSA) is 6.48 Å². The number of hydrogen-bond donors (Lipinski definition) is 0. The van der Waals surface area contributed by atoms with Crippen LogP contribution in [-0.2, 0) is 10.8 Å². The lowest BCUT2D eigenvalue weighted by molar-refractivity contribution is 0.768. The Morgan fingerprint density at radius 3 is 0.843 bits per heavy atom. The number of fused-ring (bicyclic) bond motifs is 6. The third-order valence-corrected chi connectivity index (χ3v) is 17.6. The molecule has 0 heterocycles. The van der Waals surface area contributed by atoms with Crippen molar-refractivity contribution in [3.05, 3.63) is 373 Å². The van der Waals surface area contributed by atoms with Gasteiger partial charge in [0.25, 0.3) is 0 Å². The third-order valence-electron chi connectivity index (χ3n) is 17.6. The van der Waals surface area contributed by atoms with E-state index in [0.717, 1.165) is 34.1 Å². The second-order valence-corrected chi connectivity index (χ2v) is 21.9. The summed E-state index contributed by atoms with van der Waals surface area (Å²) in [6.07, 6.45) is 1.75. The highest BCUT2D eigenvalue weighted by molar-refractivity contribution is 6.28. The number of nitrogens with zero attached hydrogens (tertiary/aromatic N) is 2. The van der Waals surface area contributed by atoms with Gasteiger partial charge in [0.1, 0.15) is 0 Å². The van der Waals surface area contributed by atoms with Crippen LogP contribution in [0.15, 0.2) is 328 Å². The Labute approximate surface area is 486 Å². The Hall–Kier alpha value is -10.5. The normalized spacial score (nSPS) is 13.1. The summed E-state index contributed by atoms with van der Waals surface area (Å²) in [5.41, 5.74) is 21.1. The summed E-state index contributed by atoms with van der Waals surface area (Å²) in [5, 5.41) is 7.33. The van der Waals surface area contributed by atoms with Crippen molar-refractivity contribution in [1.29, 1.82) is 0 Å². The molecule has 14 aromatic rings. The highest BCUT2D eigenvalue weighted by Crippen LogP contribution is 2.58. The molecule has 2 nitrogen and oxygen atoms in total. The minimum Gasteiger partial charge on any atom is -0.310 e. The van der Waals surface area contributed by atoms with Crippen LogP contribution in [0, 0.1) is 0 Å². The summed E-state index contributed by atoms with van der Waals surface area (Å²) >= 11 is 0. The van der Waals surface area contributed by atoms with Crippen LogP contribution < -0.4 is 9.80 Å². The Balaban J connectivity index is 0.00000192. The molecule has 2 aliphatic carbocycles. The lowest BCUT2D eigenvalue weighted by Crippen LogP contribution is -2.28. The third kappa shape index (κ3) is 7.57. The van der Waals surface area contributed by atoms with Gasteiger partial charge in [-0.3, -0.25) is 0 Å². The molecule has 2 aliphatic rings. The standard InChI is InChI=1S/C78H52N2.C3H6/c1-5-21-55(22-6-1)77(69-33-17-13-29-63(69)64-30-14-18-34-70(64)77)57-41-45-61(46-42-57)79(59-25-9-3-10-26-59)73-51-39-53-38-50-68-74(52-40-54-37-49-67(73)75(53)76(54)68)80(60-27-11-4-12-28-60)62-47-43-58(44-48-62)78(56-23-7-2-8-24-56)71-35-19-15-31-65(71)66-32-16-20-36-72(66)78;1-3-2/h1-52H;3H,1H2,2H3. The molecular weight excluding hydrogens is 1000 g/mol. The van der Waals surface area contributed by atoms with Gasteiger partial charge in [0.15, 0.2) is 0 Å². The summed E-state index contributed by atoms with van der Waals surface area (Å²) in [7, 11) is 0. The van der Waals surface area contributed by atoms with E-state index in [1.807, 2.05) is 6.92 Å². The maximum atomic E-state index is 3.36. The van der Waals surface area contributed by atoms with E-state index in [4.69, 9.17) is 0 Å². The first kappa shape index (κ1) is 49.5. The monoisotopic (exact) mass is 1060 g/mol. The minimum absolute atomic E-state index is 0.482. The molecule has 0 saturated heterocycles. The zero-order chi connectivity index (χ0) is 55.5. The average Bonchev–Trinajstić information content (AvgIpc) is 2.40. The van der Waals surface area contributed by atoms with Gasteiger partial charge in [-0.1, -0.05) is 261 Å². The van der Waals surface area contributed by atoms with Crippen molar-refractivity contribution < 1.29 is 0 Å². The van der Waals surface area contributed by atoms with Crippen molar-refractivity contribution in [2.45, 2.75) is 17.8 Å². The van der Waals surface area contributed by atoms with Crippen LogP contribution >= 0.6 is 0 Å². The molecule has 14 aromatic carbocycles. The van der Waals surface area contributed by atoms with Gasteiger partial charge in [0.2, 0.25) is 0 Å².